The molecule has 2 nitrogen and oxygen atoms in total. The van der Waals surface area contributed by atoms with Crippen molar-refractivity contribution >= 4 is 11.6 Å². The Morgan fingerprint density at radius 3 is 2.62 bits per heavy atom. The van der Waals surface area contributed by atoms with Crippen molar-refractivity contribution in [2.24, 2.45) is 11.7 Å². The molecule has 1 aromatic rings. The van der Waals surface area contributed by atoms with Gasteiger partial charge in [-0.15, -0.1) is 0 Å². The SMILES string of the molecule is NC(CCN1CCCC2CCCCC21)c1ccc(Cl)cc1. The van der Waals surface area contributed by atoms with Crippen LogP contribution >= 0.6 is 11.6 Å². The van der Waals surface area contributed by atoms with E-state index in [0.29, 0.717) is 0 Å². The highest BCUT2D eigenvalue weighted by Crippen LogP contribution is 2.35. The van der Waals surface area contributed by atoms with Gasteiger partial charge in [0.25, 0.3) is 0 Å². The summed E-state index contributed by atoms with van der Waals surface area (Å²) in [7, 11) is 0. The van der Waals surface area contributed by atoms with E-state index in [9.17, 15) is 0 Å². The van der Waals surface area contributed by atoms with Crippen LogP contribution in [0.3, 0.4) is 0 Å². The first-order valence-electron chi connectivity index (χ1n) is 8.49. The minimum atomic E-state index is 0.131. The molecule has 0 aromatic heterocycles. The molecule has 3 heteroatoms. The third kappa shape index (κ3) is 3.80. The Labute approximate surface area is 133 Å². The van der Waals surface area contributed by atoms with Crippen LogP contribution in [0.25, 0.3) is 0 Å². The Hall–Kier alpha value is -0.570. The molecule has 3 unspecified atom stereocenters. The van der Waals surface area contributed by atoms with Gasteiger partial charge in [-0.2, -0.15) is 0 Å². The molecule has 0 radical (unpaired) electrons. The lowest BCUT2D eigenvalue weighted by molar-refractivity contribution is 0.0586. The Morgan fingerprint density at radius 2 is 1.81 bits per heavy atom. The monoisotopic (exact) mass is 306 g/mol. The van der Waals surface area contributed by atoms with Crippen molar-refractivity contribution in [2.45, 2.75) is 57.0 Å². The summed E-state index contributed by atoms with van der Waals surface area (Å²) in [5.41, 5.74) is 7.57. The number of nitrogens with two attached hydrogens (primary N) is 1. The maximum absolute atomic E-state index is 6.36. The van der Waals surface area contributed by atoms with Gasteiger partial charge in [0.1, 0.15) is 0 Å². The quantitative estimate of drug-likeness (QED) is 0.894. The molecule has 3 rings (SSSR count). The molecule has 1 aromatic carbocycles. The van der Waals surface area contributed by atoms with Crippen LogP contribution in [-0.4, -0.2) is 24.0 Å². The molecule has 116 valence electrons. The van der Waals surface area contributed by atoms with Crippen LogP contribution < -0.4 is 5.73 Å². The molecule has 1 aliphatic heterocycles. The van der Waals surface area contributed by atoms with Crippen molar-refractivity contribution in [1.29, 1.82) is 0 Å². The number of piperidine rings is 1. The van der Waals surface area contributed by atoms with Gasteiger partial charge in [0.15, 0.2) is 0 Å². The highest BCUT2D eigenvalue weighted by atomic mass is 35.5. The summed E-state index contributed by atoms with van der Waals surface area (Å²) in [5.74, 6) is 0.958. The van der Waals surface area contributed by atoms with Crippen LogP contribution in [0.1, 0.15) is 56.6 Å². The van der Waals surface area contributed by atoms with Crippen LogP contribution in [-0.2, 0) is 0 Å². The molecule has 0 spiro atoms. The van der Waals surface area contributed by atoms with Gasteiger partial charge in [-0.25, -0.2) is 0 Å². The molecule has 2 aliphatic rings. The summed E-state index contributed by atoms with van der Waals surface area (Å²) in [6.07, 6.45) is 9.58. The molecule has 3 atom stereocenters. The van der Waals surface area contributed by atoms with Gasteiger partial charge in [0.05, 0.1) is 0 Å². The van der Waals surface area contributed by atoms with Gasteiger partial charge in [-0.05, 0) is 62.3 Å². The van der Waals surface area contributed by atoms with Gasteiger partial charge >= 0.3 is 0 Å². The molecule has 21 heavy (non-hydrogen) atoms. The van der Waals surface area contributed by atoms with Crippen molar-refractivity contribution in [3.8, 4) is 0 Å². The lowest BCUT2D eigenvalue weighted by Gasteiger charge is -2.44. The normalized spacial score (nSPS) is 28.1. The molecular weight excluding hydrogens is 280 g/mol. The highest BCUT2D eigenvalue weighted by molar-refractivity contribution is 6.30. The standard InChI is InChI=1S/C18H27ClN2/c19-16-9-7-14(8-10-16)17(20)11-13-21-12-3-5-15-4-1-2-6-18(15)21/h7-10,15,17-18H,1-6,11-13,20H2. The fourth-order valence-corrected chi connectivity index (χ4v) is 4.31. The van der Waals surface area contributed by atoms with Crippen LogP contribution in [0.5, 0.6) is 0 Å². The molecule has 1 aliphatic carbocycles. The van der Waals surface area contributed by atoms with Crippen molar-refractivity contribution in [2.75, 3.05) is 13.1 Å². The van der Waals surface area contributed by atoms with E-state index in [-0.39, 0.29) is 6.04 Å². The Kier molecular flexibility index (Phi) is 5.20. The Morgan fingerprint density at radius 1 is 1.10 bits per heavy atom. The molecule has 0 bridgehead atoms. The molecule has 0 amide bonds. The first kappa shape index (κ1) is 15.3. The summed E-state index contributed by atoms with van der Waals surface area (Å²) in [6, 6.07) is 8.97. The minimum Gasteiger partial charge on any atom is -0.324 e. The number of benzene rings is 1. The van der Waals surface area contributed by atoms with E-state index in [0.717, 1.165) is 29.9 Å². The number of nitrogens with zero attached hydrogens (tertiary/aromatic N) is 1. The van der Waals surface area contributed by atoms with Gasteiger partial charge in [0, 0.05) is 23.7 Å². The summed E-state index contributed by atoms with van der Waals surface area (Å²) in [4.78, 5) is 2.73. The fraction of sp³-hybridized carbons (Fsp3) is 0.667. The lowest BCUT2D eigenvalue weighted by Crippen LogP contribution is -2.47. The van der Waals surface area contributed by atoms with Crippen LogP contribution in [0, 0.1) is 5.92 Å². The fourth-order valence-electron chi connectivity index (χ4n) is 4.19. The molecule has 1 saturated heterocycles. The van der Waals surface area contributed by atoms with Crippen LogP contribution in [0.2, 0.25) is 5.02 Å². The first-order valence-corrected chi connectivity index (χ1v) is 8.87. The van der Waals surface area contributed by atoms with E-state index in [1.807, 2.05) is 12.1 Å². The topological polar surface area (TPSA) is 29.3 Å². The zero-order valence-electron chi connectivity index (χ0n) is 12.8. The van der Waals surface area contributed by atoms with Crippen molar-refractivity contribution in [3.05, 3.63) is 34.9 Å². The number of likely N-dealkylation sites (tertiary alicyclic amines) is 1. The molecule has 2 fully saturated rings. The van der Waals surface area contributed by atoms with E-state index in [1.54, 1.807) is 0 Å². The maximum Gasteiger partial charge on any atom is 0.0406 e. The number of fused-ring (bicyclic) bond motifs is 1. The second-order valence-corrected chi connectivity index (χ2v) is 7.17. The Bertz CT molecular complexity index is 443. The number of rotatable bonds is 4. The highest BCUT2D eigenvalue weighted by Gasteiger charge is 2.32. The van der Waals surface area contributed by atoms with E-state index in [4.69, 9.17) is 17.3 Å². The first-order chi connectivity index (χ1) is 10.2. The number of halogens is 1. The second kappa shape index (κ2) is 7.13. The van der Waals surface area contributed by atoms with Crippen LogP contribution in [0.15, 0.2) is 24.3 Å². The zero-order chi connectivity index (χ0) is 14.7. The third-order valence-electron chi connectivity index (χ3n) is 5.38. The van der Waals surface area contributed by atoms with Crippen molar-refractivity contribution in [1.82, 2.24) is 4.90 Å². The largest absolute Gasteiger partial charge is 0.324 e. The molecule has 1 heterocycles. The molecule has 2 N–H and O–H groups in total. The van der Waals surface area contributed by atoms with Gasteiger partial charge in [-0.3, -0.25) is 0 Å². The average molecular weight is 307 g/mol. The van der Waals surface area contributed by atoms with Gasteiger partial charge < -0.3 is 10.6 Å². The van der Waals surface area contributed by atoms with Crippen LogP contribution in [0.4, 0.5) is 0 Å². The predicted molar refractivity (Wildman–Crippen MR) is 89.6 cm³/mol. The predicted octanol–water partition coefficient (Wildman–Crippen LogP) is 4.38. The lowest BCUT2D eigenvalue weighted by atomic mass is 9.78. The van der Waals surface area contributed by atoms with Gasteiger partial charge in [0.2, 0.25) is 0 Å². The maximum atomic E-state index is 6.36. The summed E-state index contributed by atoms with van der Waals surface area (Å²) >= 11 is 5.94. The summed E-state index contributed by atoms with van der Waals surface area (Å²) in [5, 5.41) is 0.784. The number of hydrogen-bond donors (Lipinski definition) is 1. The number of hydrogen-bond acceptors (Lipinski definition) is 2. The molecular formula is C18H27ClN2. The van der Waals surface area contributed by atoms with E-state index in [1.165, 1.54) is 50.6 Å². The van der Waals surface area contributed by atoms with Crippen molar-refractivity contribution < 1.29 is 0 Å². The zero-order valence-corrected chi connectivity index (χ0v) is 13.6. The third-order valence-corrected chi connectivity index (χ3v) is 5.64. The Balaban J connectivity index is 1.55. The summed E-state index contributed by atoms with van der Waals surface area (Å²) < 4.78 is 0. The van der Waals surface area contributed by atoms with E-state index >= 15 is 0 Å². The minimum absolute atomic E-state index is 0.131. The van der Waals surface area contributed by atoms with Gasteiger partial charge in [-0.1, -0.05) is 36.6 Å². The smallest absolute Gasteiger partial charge is 0.0406 e. The molecule has 1 saturated carbocycles. The van der Waals surface area contributed by atoms with E-state index < -0.39 is 0 Å². The van der Waals surface area contributed by atoms with Crippen molar-refractivity contribution in [3.63, 3.8) is 0 Å². The van der Waals surface area contributed by atoms with E-state index in [2.05, 4.69) is 17.0 Å². The second-order valence-electron chi connectivity index (χ2n) is 6.74. The average Bonchev–Trinajstić information content (AvgIpc) is 2.53. The summed E-state index contributed by atoms with van der Waals surface area (Å²) in [6.45, 7) is 2.42.